The minimum atomic E-state index is 0.114. The van der Waals surface area contributed by atoms with Crippen molar-refractivity contribution < 1.29 is 9.47 Å². The van der Waals surface area contributed by atoms with Gasteiger partial charge in [0, 0.05) is 25.2 Å². The molecule has 0 radical (unpaired) electrons. The average molecular weight is 356 g/mol. The van der Waals surface area contributed by atoms with Crippen molar-refractivity contribution in [3.63, 3.8) is 0 Å². The van der Waals surface area contributed by atoms with Crippen LogP contribution >= 0.6 is 11.6 Å². The standard InChI is InChI=1S/C18H30ClN3O2/c1-4-5-10-23-12-13-24-11-9-21-18(20-3)22-15(2)16-7-6-8-17(19)14-16/h6-8,14-15H,4-5,9-13H2,1-3H3,(H2,20,21,22). The summed E-state index contributed by atoms with van der Waals surface area (Å²) in [7, 11) is 1.75. The third kappa shape index (κ3) is 9.11. The van der Waals surface area contributed by atoms with Crippen LogP contribution in [-0.4, -0.2) is 46.0 Å². The maximum absolute atomic E-state index is 6.03. The fourth-order valence-electron chi connectivity index (χ4n) is 2.07. The van der Waals surface area contributed by atoms with E-state index in [4.69, 9.17) is 21.1 Å². The third-order valence-corrected chi connectivity index (χ3v) is 3.71. The predicted octanol–water partition coefficient (Wildman–Crippen LogP) is 3.40. The lowest BCUT2D eigenvalue weighted by Gasteiger charge is -2.18. The Balaban J connectivity index is 2.17. The first-order valence-corrected chi connectivity index (χ1v) is 8.93. The number of aliphatic imine (C=N–C) groups is 1. The van der Waals surface area contributed by atoms with Crippen molar-refractivity contribution in [2.24, 2.45) is 4.99 Å². The molecule has 0 aliphatic heterocycles. The number of hydrogen-bond donors (Lipinski definition) is 2. The Hall–Kier alpha value is -1.30. The lowest BCUT2D eigenvalue weighted by atomic mass is 10.1. The molecule has 0 spiro atoms. The molecular weight excluding hydrogens is 326 g/mol. The highest BCUT2D eigenvalue weighted by molar-refractivity contribution is 6.30. The number of nitrogens with zero attached hydrogens (tertiary/aromatic N) is 1. The highest BCUT2D eigenvalue weighted by Gasteiger charge is 2.07. The maximum atomic E-state index is 6.03. The van der Waals surface area contributed by atoms with Crippen LogP contribution in [0.5, 0.6) is 0 Å². The van der Waals surface area contributed by atoms with Crippen molar-refractivity contribution in [3.05, 3.63) is 34.9 Å². The van der Waals surface area contributed by atoms with Crippen LogP contribution in [0.1, 0.15) is 38.3 Å². The van der Waals surface area contributed by atoms with E-state index in [-0.39, 0.29) is 6.04 Å². The largest absolute Gasteiger partial charge is 0.379 e. The number of benzene rings is 1. The predicted molar refractivity (Wildman–Crippen MR) is 101 cm³/mol. The Kier molecular flexibility index (Phi) is 11.3. The zero-order chi connectivity index (χ0) is 17.6. The zero-order valence-electron chi connectivity index (χ0n) is 15.0. The minimum Gasteiger partial charge on any atom is -0.379 e. The molecule has 0 heterocycles. The molecule has 1 aromatic rings. The summed E-state index contributed by atoms with van der Waals surface area (Å²) in [6.07, 6.45) is 2.26. The van der Waals surface area contributed by atoms with E-state index in [1.165, 1.54) is 0 Å². The molecular formula is C18H30ClN3O2. The van der Waals surface area contributed by atoms with Gasteiger partial charge in [0.25, 0.3) is 0 Å². The summed E-state index contributed by atoms with van der Waals surface area (Å²) in [6.45, 7) is 7.62. The van der Waals surface area contributed by atoms with Crippen LogP contribution in [0.25, 0.3) is 0 Å². The second kappa shape index (κ2) is 13.0. The van der Waals surface area contributed by atoms with Crippen molar-refractivity contribution in [3.8, 4) is 0 Å². The summed E-state index contributed by atoms with van der Waals surface area (Å²) in [5.74, 6) is 0.741. The van der Waals surface area contributed by atoms with Gasteiger partial charge in [-0.3, -0.25) is 4.99 Å². The second-order valence-corrected chi connectivity index (χ2v) is 5.93. The molecule has 1 unspecified atom stereocenters. The fourth-order valence-corrected chi connectivity index (χ4v) is 2.27. The van der Waals surface area contributed by atoms with Gasteiger partial charge in [0.05, 0.1) is 25.9 Å². The summed E-state index contributed by atoms with van der Waals surface area (Å²) in [4.78, 5) is 4.22. The Morgan fingerprint density at radius 1 is 1.21 bits per heavy atom. The van der Waals surface area contributed by atoms with Crippen LogP contribution < -0.4 is 10.6 Å². The van der Waals surface area contributed by atoms with Crippen molar-refractivity contribution in [1.29, 1.82) is 0 Å². The van der Waals surface area contributed by atoms with E-state index in [1.807, 2.05) is 24.3 Å². The Bertz CT molecular complexity index is 483. The molecule has 0 amide bonds. The molecule has 0 aliphatic carbocycles. The quantitative estimate of drug-likeness (QED) is 0.363. The third-order valence-electron chi connectivity index (χ3n) is 3.48. The van der Waals surface area contributed by atoms with Gasteiger partial charge in [-0.25, -0.2) is 0 Å². The first-order valence-electron chi connectivity index (χ1n) is 8.55. The van der Waals surface area contributed by atoms with Crippen LogP contribution in [0.15, 0.2) is 29.3 Å². The molecule has 5 nitrogen and oxygen atoms in total. The number of rotatable bonds is 11. The van der Waals surface area contributed by atoms with Crippen LogP contribution in [-0.2, 0) is 9.47 Å². The monoisotopic (exact) mass is 355 g/mol. The summed E-state index contributed by atoms with van der Waals surface area (Å²) < 4.78 is 11.0. The van der Waals surface area contributed by atoms with E-state index in [1.54, 1.807) is 7.05 Å². The first kappa shape index (κ1) is 20.7. The number of guanidine groups is 1. The number of ether oxygens (including phenoxy) is 2. The summed E-state index contributed by atoms with van der Waals surface area (Å²) in [6, 6.07) is 7.92. The molecule has 0 fully saturated rings. The molecule has 0 aromatic heterocycles. The Morgan fingerprint density at radius 3 is 2.62 bits per heavy atom. The molecule has 1 atom stereocenters. The van der Waals surface area contributed by atoms with Crippen LogP contribution in [0.2, 0.25) is 5.02 Å². The van der Waals surface area contributed by atoms with Crippen molar-refractivity contribution >= 4 is 17.6 Å². The molecule has 136 valence electrons. The molecule has 1 aromatic carbocycles. The fraction of sp³-hybridized carbons (Fsp3) is 0.611. The van der Waals surface area contributed by atoms with Crippen molar-refractivity contribution in [2.75, 3.05) is 40.0 Å². The lowest BCUT2D eigenvalue weighted by Crippen LogP contribution is -2.40. The van der Waals surface area contributed by atoms with Gasteiger partial charge in [0.15, 0.2) is 5.96 Å². The molecule has 0 aliphatic rings. The zero-order valence-corrected chi connectivity index (χ0v) is 15.7. The van der Waals surface area contributed by atoms with E-state index in [2.05, 4.69) is 29.5 Å². The van der Waals surface area contributed by atoms with Gasteiger partial charge < -0.3 is 20.1 Å². The van der Waals surface area contributed by atoms with Crippen LogP contribution in [0, 0.1) is 0 Å². The number of nitrogens with one attached hydrogen (secondary N) is 2. The SMILES string of the molecule is CCCCOCCOCCNC(=NC)NC(C)c1cccc(Cl)c1. The van der Waals surface area contributed by atoms with Crippen molar-refractivity contribution in [2.45, 2.75) is 32.7 Å². The minimum absolute atomic E-state index is 0.114. The van der Waals surface area contributed by atoms with Gasteiger partial charge in [-0.05, 0) is 31.0 Å². The van der Waals surface area contributed by atoms with Gasteiger partial charge in [-0.1, -0.05) is 37.1 Å². The van der Waals surface area contributed by atoms with E-state index in [0.29, 0.717) is 26.4 Å². The van der Waals surface area contributed by atoms with Gasteiger partial charge in [0.2, 0.25) is 0 Å². The van der Waals surface area contributed by atoms with Gasteiger partial charge in [-0.15, -0.1) is 0 Å². The van der Waals surface area contributed by atoms with Gasteiger partial charge >= 0.3 is 0 Å². The van der Waals surface area contributed by atoms with E-state index < -0.39 is 0 Å². The lowest BCUT2D eigenvalue weighted by molar-refractivity contribution is 0.0487. The number of halogens is 1. The summed E-state index contributed by atoms with van der Waals surface area (Å²) in [5, 5.41) is 7.31. The van der Waals surface area contributed by atoms with Gasteiger partial charge in [0.1, 0.15) is 0 Å². The molecule has 24 heavy (non-hydrogen) atoms. The molecule has 1 rings (SSSR count). The Morgan fingerprint density at radius 2 is 1.96 bits per heavy atom. The number of hydrogen-bond acceptors (Lipinski definition) is 3. The summed E-state index contributed by atoms with van der Waals surface area (Å²) >= 11 is 6.03. The van der Waals surface area contributed by atoms with E-state index in [0.717, 1.165) is 36.0 Å². The van der Waals surface area contributed by atoms with Gasteiger partial charge in [-0.2, -0.15) is 0 Å². The highest BCUT2D eigenvalue weighted by atomic mass is 35.5. The molecule has 0 saturated heterocycles. The molecule has 0 bridgehead atoms. The molecule has 2 N–H and O–H groups in total. The topological polar surface area (TPSA) is 54.9 Å². The first-order chi connectivity index (χ1) is 11.7. The van der Waals surface area contributed by atoms with Crippen molar-refractivity contribution in [1.82, 2.24) is 10.6 Å². The van der Waals surface area contributed by atoms with E-state index >= 15 is 0 Å². The maximum Gasteiger partial charge on any atom is 0.191 e. The number of unbranched alkanes of at least 4 members (excludes halogenated alkanes) is 1. The highest BCUT2D eigenvalue weighted by Crippen LogP contribution is 2.17. The average Bonchev–Trinajstić information content (AvgIpc) is 2.59. The normalized spacial score (nSPS) is 12.9. The molecule has 6 heteroatoms. The van der Waals surface area contributed by atoms with Crippen LogP contribution in [0.3, 0.4) is 0 Å². The van der Waals surface area contributed by atoms with E-state index in [9.17, 15) is 0 Å². The molecule has 0 saturated carbocycles. The smallest absolute Gasteiger partial charge is 0.191 e. The summed E-state index contributed by atoms with van der Waals surface area (Å²) in [5.41, 5.74) is 1.12. The van der Waals surface area contributed by atoms with Crippen LogP contribution in [0.4, 0.5) is 0 Å². The second-order valence-electron chi connectivity index (χ2n) is 5.50. The Labute approximate surface area is 150 Å².